The molecule has 0 aliphatic heterocycles. The van der Waals surface area contributed by atoms with E-state index in [0.29, 0.717) is 24.2 Å². The molecule has 0 atom stereocenters. The molecule has 0 heterocycles. The lowest BCUT2D eigenvalue weighted by Crippen LogP contribution is -2.12. The van der Waals surface area contributed by atoms with Crippen LogP contribution in [0.3, 0.4) is 0 Å². The lowest BCUT2D eigenvalue weighted by atomic mass is 10.1. The average molecular weight is 386 g/mol. The van der Waals surface area contributed by atoms with Crippen molar-refractivity contribution in [2.24, 2.45) is 0 Å². The molecule has 2 N–H and O–H groups in total. The highest BCUT2D eigenvalue weighted by molar-refractivity contribution is 6.09. The van der Waals surface area contributed by atoms with E-state index < -0.39 is 0 Å². The summed E-state index contributed by atoms with van der Waals surface area (Å²) in [6.07, 6.45) is 1.22. The quantitative estimate of drug-likeness (QED) is 0.636. The molecule has 146 valence electrons. The van der Waals surface area contributed by atoms with Gasteiger partial charge in [0.05, 0.1) is 12.8 Å². The van der Waals surface area contributed by atoms with Crippen molar-refractivity contribution in [1.29, 1.82) is 0 Å². The number of hydrogen-bond donors (Lipinski definition) is 2. The van der Waals surface area contributed by atoms with Crippen molar-refractivity contribution in [2.45, 2.75) is 19.8 Å². The summed E-state index contributed by atoms with van der Waals surface area (Å²) in [5, 5.41) is 8.33. The smallest absolute Gasteiger partial charge is 0.255 e. The average Bonchev–Trinajstić information content (AvgIpc) is 3.06. The Labute approximate surface area is 169 Å². The van der Waals surface area contributed by atoms with Gasteiger partial charge in [-0.25, -0.2) is 0 Å². The second-order valence-corrected chi connectivity index (χ2v) is 7.05. The number of ether oxygens (including phenoxy) is 1. The number of allylic oxidation sites excluding steroid dienone is 2. The molecular formula is C24H22N2O3. The minimum Gasteiger partial charge on any atom is -0.495 e. The minimum atomic E-state index is -0.211. The van der Waals surface area contributed by atoms with Crippen LogP contribution in [0.2, 0.25) is 0 Å². The lowest BCUT2D eigenvalue weighted by molar-refractivity contribution is -0.114. The van der Waals surface area contributed by atoms with Crippen molar-refractivity contribution < 1.29 is 14.3 Å². The Balaban J connectivity index is 1.58. The number of carbonyl (C=O) groups excluding carboxylic acids is 2. The zero-order chi connectivity index (χ0) is 20.4. The van der Waals surface area contributed by atoms with E-state index in [0.717, 1.165) is 33.4 Å². The van der Waals surface area contributed by atoms with Gasteiger partial charge in [0, 0.05) is 34.3 Å². The van der Waals surface area contributed by atoms with Crippen molar-refractivity contribution in [3.8, 4) is 5.75 Å². The van der Waals surface area contributed by atoms with E-state index in [4.69, 9.17) is 4.74 Å². The maximum absolute atomic E-state index is 12.8. The summed E-state index contributed by atoms with van der Waals surface area (Å²) < 4.78 is 5.48. The van der Waals surface area contributed by atoms with Gasteiger partial charge >= 0.3 is 0 Å². The molecule has 0 bridgehead atoms. The second kappa shape index (κ2) is 7.80. The first-order valence-corrected chi connectivity index (χ1v) is 9.54. The third-order valence-electron chi connectivity index (χ3n) is 5.26. The molecule has 0 aromatic heterocycles. The Morgan fingerprint density at radius 3 is 2.52 bits per heavy atom. The van der Waals surface area contributed by atoms with Gasteiger partial charge in [0.2, 0.25) is 0 Å². The number of hydrogen-bond acceptors (Lipinski definition) is 4. The molecule has 0 radical (unpaired) electrons. The van der Waals surface area contributed by atoms with Crippen LogP contribution in [-0.4, -0.2) is 18.8 Å². The number of fused-ring (bicyclic) bond motifs is 1. The number of benzene rings is 3. The van der Waals surface area contributed by atoms with Crippen LogP contribution in [0.4, 0.5) is 11.4 Å². The summed E-state index contributed by atoms with van der Waals surface area (Å²) >= 11 is 0. The van der Waals surface area contributed by atoms with Gasteiger partial charge in [-0.1, -0.05) is 36.4 Å². The first-order valence-electron chi connectivity index (χ1n) is 9.54. The Kier molecular flexibility index (Phi) is 5.04. The predicted molar refractivity (Wildman–Crippen MR) is 115 cm³/mol. The molecule has 0 unspecified atom stereocenters. The maximum Gasteiger partial charge on any atom is 0.255 e. The van der Waals surface area contributed by atoms with Crippen LogP contribution in [-0.2, 0) is 4.79 Å². The molecule has 1 aliphatic carbocycles. The number of carbonyl (C=O) groups is 2. The standard InChI is InChI=1S/C24H22N2O3/c1-15-19(12-13-22(15)27)25-21-11-10-17(14-23(21)29-2)24(28)26-20-9-5-7-16-6-3-4-8-18(16)20/h3-11,14,25H,12-13H2,1-2H3,(H,26,28). The highest BCUT2D eigenvalue weighted by Crippen LogP contribution is 2.31. The number of amides is 1. The first-order chi connectivity index (χ1) is 14.1. The third-order valence-corrected chi connectivity index (χ3v) is 5.26. The van der Waals surface area contributed by atoms with Crippen LogP contribution in [0.25, 0.3) is 10.8 Å². The van der Waals surface area contributed by atoms with Gasteiger partial charge < -0.3 is 15.4 Å². The highest BCUT2D eigenvalue weighted by Gasteiger charge is 2.20. The fraction of sp³-hybridized carbons (Fsp3) is 0.167. The maximum atomic E-state index is 12.8. The van der Waals surface area contributed by atoms with Gasteiger partial charge in [0.25, 0.3) is 5.91 Å². The van der Waals surface area contributed by atoms with Crippen molar-refractivity contribution in [3.63, 3.8) is 0 Å². The van der Waals surface area contributed by atoms with Gasteiger partial charge in [0.15, 0.2) is 5.78 Å². The zero-order valence-corrected chi connectivity index (χ0v) is 16.4. The molecule has 4 rings (SSSR count). The highest BCUT2D eigenvalue weighted by atomic mass is 16.5. The number of Topliss-reactive ketones (excluding diaryl/α,β-unsaturated/α-hetero) is 1. The van der Waals surface area contributed by atoms with Crippen molar-refractivity contribution in [3.05, 3.63) is 77.5 Å². The molecule has 5 nitrogen and oxygen atoms in total. The molecule has 0 saturated heterocycles. The van der Waals surface area contributed by atoms with Crippen LogP contribution in [0.15, 0.2) is 71.9 Å². The summed E-state index contributed by atoms with van der Waals surface area (Å²) in [5.74, 6) is 0.505. The molecule has 3 aromatic rings. The summed E-state index contributed by atoms with van der Waals surface area (Å²) in [6, 6.07) is 19.0. The molecule has 1 aliphatic rings. The largest absolute Gasteiger partial charge is 0.495 e. The second-order valence-electron chi connectivity index (χ2n) is 7.05. The van der Waals surface area contributed by atoms with Gasteiger partial charge in [-0.2, -0.15) is 0 Å². The number of anilines is 2. The zero-order valence-electron chi connectivity index (χ0n) is 16.4. The molecule has 29 heavy (non-hydrogen) atoms. The molecule has 0 fully saturated rings. The monoisotopic (exact) mass is 386 g/mol. The van der Waals surface area contributed by atoms with Crippen molar-refractivity contribution in [2.75, 3.05) is 17.7 Å². The van der Waals surface area contributed by atoms with Crippen LogP contribution in [0.1, 0.15) is 30.1 Å². The third kappa shape index (κ3) is 3.72. The van der Waals surface area contributed by atoms with Crippen molar-refractivity contribution in [1.82, 2.24) is 0 Å². The molecule has 3 aromatic carbocycles. The Morgan fingerprint density at radius 1 is 0.966 bits per heavy atom. The van der Waals surface area contributed by atoms with E-state index in [1.807, 2.05) is 49.4 Å². The van der Waals surface area contributed by atoms with Gasteiger partial charge in [0.1, 0.15) is 5.75 Å². The van der Waals surface area contributed by atoms with Gasteiger partial charge in [-0.15, -0.1) is 0 Å². The summed E-state index contributed by atoms with van der Waals surface area (Å²) in [4.78, 5) is 24.6. The van der Waals surface area contributed by atoms with Crippen LogP contribution >= 0.6 is 0 Å². The van der Waals surface area contributed by atoms with Crippen LogP contribution in [0, 0.1) is 0 Å². The molecule has 0 spiro atoms. The predicted octanol–water partition coefficient (Wildman–Crippen LogP) is 5.15. The molecular weight excluding hydrogens is 364 g/mol. The summed E-state index contributed by atoms with van der Waals surface area (Å²) in [6.45, 7) is 1.83. The summed E-state index contributed by atoms with van der Waals surface area (Å²) in [7, 11) is 1.56. The molecule has 1 amide bonds. The number of rotatable bonds is 5. The number of nitrogens with one attached hydrogen (secondary N) is 2. The lowest BCUT2D eigenvalue weighted by Gasteiger charge is -2.14. The van der Waals surface area contributed by atoms with E-state index in [1.165, 1.54) is 0 Å². The van der Waals surface area contributed by atoms with E-state index in [9.17, 15) is 9.59 Å². The van der Waals surface area contributed by atoms with E-state index in [1.54, 1.807) is 25.3 Å². The number of ketones is 1. The normalized spacial score (nSPS) is 13.7. The fourth-order valence-electron chi connectivity index (χ4n) is 3.57. The number of methoxy groups -OCH3 is 1. The van der Waals surface area contributed by atoms with Gasteiger partial charge in [-0.05, 0) is 43.0 Å². The van der Waals surface area contributed by atoms with E-state index in [2.05, 4.69) is 10.6 Å². The molecule has 5 heteroatoms. The molecule has 0 saturated carbocycles. The summed E-state index contributed by atoms with van der Waals surface area (Å²) in [5.41, 5.74) is 3.65. The SMILES string of the molecule is COc1cc(C(=O)Nc2cccc3ccccc23)ccc1NC1=C(C)C(=O)CC1. The van der Waals surface area contributed by atoms with Gasteiger partial charge in [-0.3, -0.25) is 9.59 Å². The Morgan fingerprint density at radius 2 is 1.76 bits per heavy atom. The van der Waals surface area contributed by atoms with E-state index >= 15 is 0 Å². The topological polar surface area (TPSA) is 67.4 Å². The first kappa shape index (κ1) is 18.7. The van der Waals surface area contributed by atoms with Crippen molar-refractivity contribution >= 4 is 33.8 Å². The van der Waals surface area contributed by atoms with E-state index in [-0.39, 0.29) is 11.7 Å². The van der Waals surface area contributed by atoms with Crippen LogP contribution in [0.5, 0.6) is 5.75 Å². The minimum absolute atomic E-state index is 0.164. The van der Waals surface area contributed by atoms with Crippen LogP contribution < -0.4 is 15.4 Å². The Hall–Kier alpha value is -3.60. The Bertz CT molecular complexity index is 1140. The fourth-order valence-corrected chi connectivity index (χ4v) is 3.57.